The highest BCUT2D eigenvalue weighted by Gasteiger charge is 2.23. The minimum Gasteiger partial charge on any atom is -0.497 e. The van der Waals surface area contributed by atoms with Crippen molar-refractivity contribution in [3.63, 3.8) is 0 Å². The highest BCUT2D eigenvalue weighted by molar-refractivity contribution is 7.92. The van der Waals surface area contributed by atoms with Gasteiger partial charge in [0, 0.05) is 18.3 Å². The van der Waals surface area contributed by atoms with E-state index < -0.39 is 10.0 Å². The van der Waals surface area contributed by atoms with Gasteiger partial charge in [-0.25, -0.2) is 8.42 Å². The third-order valence-corrected chi connectivity index (χ3v) is 6.59. The number of aryl methyl sites for hydroxylation is 2. The van der Waals surface area contributed by atoms with E-state index in [2.05, 4.69) is 5.32 Å². The van der Waals surface area contributed by atoms with E-state index in [4.69, 9.17) is 4.74 Å². The quantitative estimate of drug-likeness (QED) is 0.637. The summed E-state index contributed by atoms with van der Waals surface area (Å²) in [6.07, 6.45) is 0. The lowest BCUT2D eigenvalue weighted by atomic mass is 10.1. The van der Waals surface area contributed by atoms with Crippen molar-refractivity contribution in [2.24, 2.45) is 0 Å². The SMILES string of the molecule is COc1ccc(S(=O)(=O)N(C)c2cc(C(=O)Nc3cccc(C)c3)ccc2C)cc1. The van der Waals surface area contributed by atoms with Gasteiger partial charge in [0.15, 0.2) is 0 Å². The fourth-order valence-corrected chi connectivity index (χ4v) is 4.30. The lowest BCUT2D eigenvalue weighted by Crippen LogP contribution is -2.27. The van der Waals surface area contributed by atoms with Crippen molar-refractivity contribution < 1.29 is 17.9 Å². The molecule has 0 saturated heterocycles. The van der Waals surface area contributed by atoms with Crippen LogP contribution >= 0.6 is 0 Å². The molecule has 0 unspecified atom stereocenters. The highest BCUT2D eigenvalue weighted by Crippen LogP contribution is 2.28. The fourth-order valence-electron chi connectivity index (χ4n) is 3.05. The molecule has 0 aliphatic heterocycles. The first-order valence-electron chi connectivity index (χ1n) is 9.34. The molecule has 1 N–H and O–H groups in total. The minimum atomic E-state index is -3.80. The predicted octanol–water partition coefficient (Wildman–Crippen LogP) is 4.39. The van der Waals surface area contributed by atoms with Crippen molar-refractivity contribution in [2.45, 2.75) is 18.7 Å². The van der Waals surface area contributed by atoms with Crippen molar-refractivity contribution in [1.82, 2.24) is 0 Å². The van der Waals surface area contributed by atoms with Gasteiger partial charge < -0.3 is 10.1 Å². The first kappa shape index (κ1) is 21.4. The number of nitrogens with one attached hydrogen (secondary N) is 1. The molecule has 0 atom stereocenters. The topological polar surface area (TPSA) is 75.7 Å². The molecular formula is C23H24N2O4S. The summed E-state index contributed by atoms with van der Waals surface area (Å²) in [4.78, 5) is 12.8. The second-order valence-electron chi connectivity index (χ2n) is 6.97. The number of rotatable bonds is 6. The van der Waals surface area contributed by atoms with Crippen molar-refractivity contribution in [3.05, 3.63) is 83.4 Å². The molecule has 7 heteroatoms. The Morgan fingerprint density at radius 1 is 0.967 bits per heavy atom. The zero-order valence-electron chi connectivity index (χ0n) is 17.3. The van der Waals surface area contributed by atoms with E-state index >= 15 is 0 Å². The van der Waals surface area contributed by atoms with Crippen molar-refractivity contribution in [1.29, 1.82) is 0 Å². The van der Waals surface area contributed by atoms with Gasteiger partial charge in [0.05, 0.1) is 17.7 Å². The van der Waals surface area contributed by atoms with Crippen LogP contribution in [0, 0.1) is 13.8 Å². The van der Waals surface area contributed by atoms with E-state index in [-0.39, 0.29) is 10.8 Å². The van der Waals surface area contributed by atoms with Crippen LogP contribution in [-0.4, -0.2) is 28.5 Å². The molecule has 0 aliphatic carbocycles. The zero-order valence-corrected chi connectivity index (χ0v) is 18.2. The summed E-state index contributed by atoms with van der Waals surface area (Å²) < 4.78 is 32.4. The molecule has 0 radical (unpaired) electrons. The number of amides is 1. The van der Waals surface area contributed by atoms with Crippen LogP contribution in [0.25, 0.3) is 0 Å². The number of nitrogens with zero attached hydrogens (tertiary/aromatic N) is 1. The number of benzene rings is 3. The van der Waals surface area contributed by atoms with Crippen molar-refractivity contribution in [2.75, 3.05) is 23.8 Å². The van der Waals surface area contributed by atoms with E-state index in [0.29, 0.717) is 22.7 Å². The molecule has 0 heterocycles. The highest BCUT2D eigenvalue weighted by atomic mass is 32.2. The summed E-state index contributed by atoms with van der Waals surface area (Å²) in [6.45, 7) is 3.75. The lowest BCUT2D eigenvalue weighted by Gasteiger charge is -2.22. The second-order valence-corrected chi connectivity index (χ2v) is 8.94. The molecule has 6 nitrogen and oxygen atoms in total. The number of carbonyl (C=O) groups excluding carboxylic acids is 1. The van der Waals surface area contributed by atoms with Gasteiger partial charge in [-0.3, -0.25) is 9.10 Å². The Morgan fingerprint density at radius 2 is 1.67 bits per heavy atom. The summed E-state index contributed by atoms with van der Waals surface area (Å²) >= 11 is 0. The Labute approximate surface area is 177 Å². The van der Waals surface area contributed by atoms with E-state index in [1.807, 2.05) is 25.1 Å². The molecule has 0 aromatic heterocycles. The van der Waals surface area contributed by atoms with Crippen LogP contribution in [0.3, 0.4) is 0 Å². The first-order valence-corrected chi connectivity index (χ1v) is 10.8. The summed E-state index contributed by atoms with van der Waals surface area (Å²) in [5, 5.41) is 2.85. The van der Waals surface area contributed by atoms with Gasteiger partial charge in [-0.1, -0.05) is 18.2 Å². The van der Waals surface area contributed by atoms with Crippen LogP contribution in [0.5, 0.6) is 5.75 Å². The number of methoxy groups -OCH3 is 1. The minimum absolute atomic E-state index is 0.139. The van der Waals surface area contributed by atoms with Gasteiger partial charge in [-0.05, 0) is 73.5 Å². The lowest BCUT2D eigenvalue weighted by molar-refractivity contribution is 0.102. The predicted molar refractivity (Wildman–Crippen MR) is 119 cm³/mol. The van der Waals surface area contributed by atoms with E-state index in [0.717, 1.165) is 11.1 Å². The normalized spacial score (nSPS) is 11.1. The summed E-state index contributed by atoms with van der Waals surface area (Å²) in [7, 11) is -0.804. The molecule has 0 saturated carbocycles. The second kappa shape index (κ2) is 8.59. The number of carbonyl (C=O) groups is 1. The standard InChI is InChI=1S/C23H24N2O4S/c1-16-6-5-7-19(14-16)24-23(26)18-9-8-17(2)22(15-18)25(3)30(27,28)21-12-10-20(29-4)11-13-21/h5-15H,1-4H3,(H,24,26). The summed E-state index contributed by atoms with van der Waals surface area (Å²) in [5.74, 6) is 0.264. The van der Waals surface area contributed by atoms with E-state index in [1.54, 1.807) is 43.3 Å². The van der Waals surface area contributed by atoms with Crippen LogP contribution in [0.1, 0.15) is 21.5 Å². The largest absolute Gasteiger partial charge is 0.497 e. The van der Waals surface area contributed by atoms with Crippen LogP contribution in [0.15, 0.2) is 71.6 Å². The van der Waals surface area contributed by atoms with Gasteiger partial charge in [0.1, 0.15) is 5.75 Å². The van der Waals surface area contributed by atoms with Gasteiger partial charge in [-0.15, -0.1) is 0 Å². The maximum Gasteiger partial charge on any atom is 0.264 e. The molecule has 3 aromatic carbocycles. The Hall–Kier alpha value is -3.32. The maximum absolute atomic E-state index is 13.1. The van der Waals surface area contributed by atoms with Gasteiger partial charge in [0.2, 0.25) is 0 Å². The number of hydrogen-bond acceptors (Lipinski definition) is 4. The van der Waals surface area contributed by atoms with Crippen LogP contribution < -0.4 is 14.4 Å². The average molecular weight is 425 g/mol. The zero-order chi connectivity index (χ0) is 21.9. The molecule has 3 rings (SSSR count). The molecule has 0 bridgehead atoms. The molecule has 1 amide bonds. The molecule has 30 heavy (non-hydrogen) atoms. The number of ether oxygens (including phenoxy) is 1. The molecule has 3 aromatic rings. The van der Waals surface area contributed by atoms with Crippen molar-refractivity contribution in [3.8, 4) is 5.75 Å². The Morgan fingerprint density at radius 3 is 2.30 bits per heavy atom. The monoisotopic (exact) mass is 424 g/mol. The number of sulfonamides is 1. The molecule has 0 aliphatic rings. The smallest absolute Gasteiger partial charge is 0.264 e. The Bertz CT molecular complexity index is 1170. The number of hydrogen-bond donors (Lipinski definition) is 1. The molecular weight excluding hydrogens is 400 g/mol. The molecule has 156 valence electrons. The fraction of sp³-hybridized carbons (Fsp3) is 0.174. The third-order valence-electron chi connectivity index (χ3n) is 4.80. The van der Waals surface area contributed by atoms with E-state index in [9.17, 15) is 13.2 Å². The first-order chi connectivity index (χ1) is 14.2. The van der Waals surface area contributed by atoms with Crippen LogP contribution in [-0.2, 0) is 10.0 Å². The third kappa shape index (κ3) is 4.46. The Kier molecular flexibility index (Phi) is 6.12. The Balaban J connectivity index is 1.90. The van der Waals surface area contributed by atoms with Gasteiger partial charge >= 0.3 is 0 Å². The average Bonchev–Trinajstić information content (AvgIpc) is 2.73. The summed E-state index contributed by atoms with van der Waals surface area (Å²) in [5.41, 5.74) is 3.25. The molecule has 0 spiro atoms. The van der Waals surface area contributed by atoms with Crippen molar-refractivity contribution >= 4 is 27.3 Å². The summed E-state index contributed by atoms with van der Waals surface area (Å²) in [6, 6.07) is 18.7. The van der Waals surface area contributed by atoms with Gasteiger partial charge in [0.25, 0.3) is 15.9 Å². The number of anilines is 2. The van der Waals surface area contributed by atoms with Crippen LogP contribution in [0.4, 0.5) is 11.4 Å². The van der Waals surface area contributed by atoms with Crippen LogP contribution in [0.2, 0.25) is 0 Å². The maximum atomic E-state index is 13.1. The molecule has 0 fully saturated rings. The van der Waals surface area contributed by atoms with E-state index in [1.165, 1.54) is 30.6 Å². The van der Waals surface area contributed by atoms with Gasteiger partial charge in [-0.2, -0.15) is 0 Å².